The van der Waals surface area contributed by atoms with E-state index in [4.69, 9.17) is 9.84 Å². The number of aromatic nitrogens is 1. The highest BCUT2D eigenvalue weighted by Crippen LogP contribution is 2.23. The van der Waals surface area contributed by atoms with E-state index in [1.54, 1.807) is 13.0 Å². The molecule has 0 amide bonds. The first-order valence-corrected chi connectivity index (χ1v) is 6.71. The van der Waals surface area contributed by atoms with E-state index in [2.05, 4.69) is 9.88 Å². The second-order valence-electron chi connectivity index (χ2n) is 4.81. The Balaban J connectivity index is 1.97. The molecule has 1 aromatic rings. The highest BCUT2D eigenvalue weighted by atomic mass is 16.6. The van der Waals surface area contributed by atoms with Crippen LogP contribution < -0.4 is 4.90 Å². The monoisotopic (exact) mass is 281 g/mol. The van der Waals surface area contributed by atoms with Crippen LogP contribution in [0.2, 0.25) is 0 Å². The fourth-order valence-corrected chi connectivity index (χ4v) is 2.38. The van der Waals surface area contributed by atoms with Crippen LogP contribution in [0.15, 0.2) is 12.1 Å². The summed E-state index contributed by atoms with van der Waals surface area (Å²) in [7, 11) is 0. The third kappa shape index (κ3) is 3.43. The Morgan fingerprint density at radius 2 is 2.20 bits per heavy atom. The number of piperidine rings is 1. The van der Waals surface area contributed by atoms with Gasteiger partial charge in [-0.3, -0.25) is 10.1 Å². The number of nitrogens with zero attached hydrogens (tertiary/aromatic N) is 3. The molecule has 0 aromatic carbocycles. The topological polar surface area (TPSA) is 88.7 Å². The molecule has 1 fully saturated rings. The predicted molar refractivity (Wildman–Crippen MR) is 73.9 cm³/mol. The summed E-state index contributed by atoms with van der Waals surface area (Å²) in [6.45, 7) is 3.68. The van der Waals surface area contributed by atoms with Gasteiger partial charge in [-0.2, -0.15) is 0 Å². The molecule has 0 unspecified atom stereocenters. The molecule has 7 nitrogen and oxygen atoms in total. The number of rotatable bonds is 5. The second kappa shape index (κ2) is 6.62. The molecule has 0 aliphatic carbocycles. The minimum absolute atomic E-state index is 0.0450. The summed E-state index contributed by atoms with van der Waals surface area (Å²) in [5, 5.41) is 19.5. The number of aryl methyl sites for hydroxylation is 1. The van der Waals surface area contributed by atoms with Crippen LogP contribution in [0.4, 0.5) is 11.5 Å². The SMILES string of the molecule is Cc1nc(N2CCC(OCCO)CC2)ccc1[N+](=O)[O-]. The van der Waals surface area contributed by atoms with Crippen LogP contribution in [-0.4, -0.2) is 47.4 Å². The summed E-state index contributed by atoms with van der Waals surface area (Å²) < 4.78 is 5.50. The lowest BCUT2D eigenvalue weighted by atomic mass is 10.1. The van der Waals surface area contributed by atoms with Crippen molar-refractivity contribution in [3.63, 3.8) is 0 Å². The van der Waals surface area contributed by atoms with Crippen LogP contribution in [0.3, 0.4) is 0 Å². The third-order valence-corrected chi connectivity index (χ3v) is 3.45. The maximum absolute atomic E-state index is 10.8. The molecular formula is C13H19N3O4. The number of hydrogen-bond donors (Lipinski definition) is 1. The number of aliphatic hydroxyl groups is 1. The summed E-state index contributed by atoms with van der Waals surface area (Å²) in [4.78, 5) is 16.8. The fourth-order valence-electron chi connectivity index (χ4n) is 2.38. The average Bonchev–Trinajstić information content (AvgIpc) is 2.45. The van der Waals surface area contributed by atoms with Gasteiger partial charge in [0.1, 0.15) is 11.5 Å². The van der Waals surface area contributed by atoms with Crippen molar-refractivity contribution >= 4 is 11.5 Å². The van der Waals surface area contributed by atoms with Gasteiger partial charge < -0.3 is 14.7 Å². The van der Waals surface area contributed by atoms with Crippen molar-refractivity contribution in [1.29, 1.82) is 0 Å². The highest BCUT2D eigenvalue weighted by Gasteiger charge is 2.22. The molecule has 2 heterocycles. The van der Waals surface area contributed by atoms with Crippen molar-refractivity contribution in [2.24, 2.45) is 0 Å². The minimum Gasteiger partial charge on any atom is -0.394 e. The Morgan fingerprint density at radius 3 is 2.75 bits per heavy atom. The van der Waals surface area contributed by atoms with Gasteiger partial charge in [-0.1, -0.05) is 0 Å². The smallest absolute Gasteiger partial charge is 0.290 e. The molecule has 1 aliphatic heterocycles. The second-order valence-corrected chi connectivity index (χ2v) is 4.81. The Kier molecular flexibility index (Phi) is 4.86. The highest BCUT2D eigenvalue weighted by molar-refractivity contribution is 5.47. The Labute approximate surface area is 117 Å². The van der Waals surface area contributed by atoms with E-state index in [0.29, 0.717) is 12.3 Å². The van der Waals surface area contributed by atoms with Crippen molar-refractivity contribution in [2.75, 3.05) is 31.2 Å². The quantitative estimate of drug-likeness (QED) is 0.646. The standard InChI is InChI=1S/C13H19N3O4/c1-10-12(16(18)19)2-3-13(14-10)15-6-4-11(5-7-15)20-9-8-17/h2-3,11,17H,4-9H2,1H3. The number of aliphatic hydroxyl groups excluding tert-OH is 1. The van der Waals surface area contributed by atoms with Crippen LogP contribution in [0.5, 0.6) is 0 Å². The van der Waals surface area contributed by atoms with Crippen molar-refractivity contribution in [2.45, 2.75) is 25.9 Å². The van der Waals surface area contributed by atoms with E-state index in [1.165, 1.54) is 6.07 Å². The molecule has 0 bridgehead atoms. The molecule has 20 heavy (non-hydrogen) atoms. The summed E-state index contributed by atoms with van der Waals surface area (Å²) in [5.41, 5.74) is 0.487. The van der Waals surface area contributed by atoms with E-state index >= 15 is 0 Å². The van der Waals surface area contributed by atoms with Gasteiger partial charge in [0.05, 0.1) is 24.2 Å². The maximum Gasteiger partial charge on any atom is 0.290 e. The normalized spacial score (nSPS) is 16.4. The Bertz CT molecular complexity index is 473. The van der Waals surface area contributed by atoms with Crippen molar-refractivity contribution in [3.05, 3.63) is 27.9 Å². The van der Waals surface area contributed by atoms with Gasteiger partial charge in [0.15, 0.2) is 0 Å². The zero-order chi connectivity index (χ0) is 14.5. The van der Waals surface area contributed by atoms with E-state index in [-0.39, 0.29) is 18.4 Å². The third-order valence-electron chi connectivity index (χ3n) is 3.45. The van der Waals surface area contributed by atoms with Crippen molar-refractivity contribution in [1.82, 2.24) is 4.98 Å². The van der Waals surface area contributed by atoms with Gasteiger partial charge in [-0.05, 0) is 25.8 Å². The molecule has 7 heteroatoms. The molecule has 0 spiro atoms. The van der Waals surface area contributed by atoms with E-state index in [0.717, 1.165) is 31.7 Å². The molecule has 0 atom stereocenters. The first kappa shape index (κ1) is 14.7. The summed E-state index contributed by atoms with van der Waals surface area (Å²) in [5.74, 6) is 0.772. The Hall–Kier alpha value is -1.73. The number of hydrogen-bond acceptors (Lipinski definition) is 6. The summed E-state index contributed by atoms with van der Waals surface area (Å²) >= 11 is 0. The largest absolute Gasteiger partial charge is 0.394 e. The molecule has 0 radical (unpaired) electrons. The molecule has 0 saturated carbocycles. The summed E-state index contributed by atoms with van der Waals surface area (Å²) in [6.07, 6.45) is 1.92. The lowest BCUT2D eigenvalue weighted by molar-refractivity contribution is -0.385. The molecule has 1 N–H and O–H groups in total. The van der Waals surface area contributed by atoms with Crippen LogP contribution >= 0.6 is 0 Å². The minimum atomic E-state index is -0.416. The molecule has 110 valence electrons. The van der Waals surface area contributed by atoms with Gasteiger partial charge >= 0.3 is 0 Å². The zero-order valence-corrected chi connectivity index (χ0v) is 11.5. The molecular weight excluding hydrogens is 262 g/mol. The lowest BCUT2D eigenvalue weighted by Gasteiger charge is -2.32. The molecule has 2 rings (SSSR count). The Morgan fingerprint density at radius 1 is 1.50 bits per heavy atom. The first-order chi connectivity index (χ1) is 9.61. The average molecular weight is 281 g/mol. The van der Waals surface area contributed by atoms with Gasteiger partial charge in [0.2, 0.25) is 0 Å². The molecule has 1 aromatic heterocycles. The predicted octanol–water partition coefficient (Wildman–Crippen LogP) is 1.28. The van der Waals surface area contributed by atoms with Crippen molar-refractivity contribution in [3.8, 4) is 0 Å². The van der Waals surface area contributed by atoms with E-state index < -0.39 is 4.92 Å². The number of ether oxygens (including phenoxy) is 1. The number of pyridine rings is 1. The molecule has 1 aliphatic rings. The van der Waals surface area contributed by atoms with Crippen molar-refractivity contribution < 1.29 is 14.8 Å². The summed E-state index contributed by atoms with van der Waals surface area (Å²) in [6, 6.07) is 3.20. The molecule has 1 saturated heterocycles. The van der Waals surface area contributed by atoms with E-state index in [9.17, 15) is 10.1 Å². The maximum atomic E-state index is 10.8. The van der Waals surface area contributed by atoms with Gasteiger partial charge in [0.25, 0.3) is 5.69 Å². The van der Waals surface area contributed by atoms with Crippen LogP contribution in [0.25, 0.3) is 0 Å². The van der Waals surface area contributed by atoms with Gasteiger partial charge in [-0.25, -0.2) is 4.98 Å². The number of nitro groups is 1. The van der Waals surface area contributed by atoms with Gasteiger partial charge in [0, 0.05) is 19.2 Å². The van der Waals surface area contributed by atoms with Crippen LogP contribution in [-0.2, 0) is 4.74 Å². The fraction of sp³-hybridized carbons (Fsp3) is 0.615. The first-order valence-electron chi connectivity index (χ1n) is 6.71. The number of anilines is 1. The van der Waals surface area contributed by atoms with Gasteiger partial charge in [-0.15, -0.1) is 0 Å². The zero-order valence-electron chi connectivity index (χ0n) is 11.5. The van der Waals surface area contributed by atoms with E-state index in [1.807, 2.05) is 0 Å². The lowest BCUT2D eigenvalue weighted by Crippen LogP contribution is -2.37. The van der Waals surface area contributed by atoms with Crippen LogP contribution in [0, 0.1) is 17.0 Å². The van der Waals surface area contributed by atoms with Crippen LogP contribution in [0.1, 0.15) is 18.5 Å².